The molecule has 1 amide bonds. The predicted octanol–water partition coefficient (Wildman–Crippen LogP) is 5.09. The van der Waals surface area contributed by atoms with Crippen molar-refractivity contribution in [1.29, 1.82) is 0 Å². The summed E-state index contributed by atoms with van der Waals surface area (Å²) in [5.74, 6) is 0.835. The first-order valence-corrected chi connectivity index (χ1v) is 12.3. The van der Waals surface area contributed by atoms with Crippen molar-refractivity contribution < 1.29 is 9.53 Å². The van der Waals surface area contributed by atoms with Crippen LogP contribution >= 0.6 is 24.0 Å². The lowest BCUT2D eigenvalue weighted by Gasteiger charge is -2.29. The van der Waals surface area contributed by atoms with E-state index in [2.05, 4.69) is 55.1 Å². The molecule has 168 valence electrons. The summed E-state index contributed by atoms with van der Waals surface area (Å²) in [6.07, 6.45) is 1.95. The molecule has 0 atom stereocenters. The van der Waals surface area contributed by atoms with Gasteiger partial charge >= 0.3 is 0 Å². The maximum atomic E-state index is 13.3. The molecule has 5 nitrogen and oxygen atoms in total. The van der Waals surface area contributed by atoms with Gasteiger partial charge in [-0.05, 0) is 43.7 Å². The third kappa shape index (κ3) is 4.67. The number of aryl methyl sites for hydroxylation is 2. The van der Waals surface area contributed by atoms with Gasteiger partial charge in [-0.2, -0.15) is 0 Å². The van der Waals surface area contributed by atoms with E-state index in [-0.39, 0.29) is 5.91 Å². The Morgan fingerprint density at radius 2 is 1.79 bits per heavy atom. The van der Waals surface area contributed by atoms with Gasteiger partial charge < -0.3 is 9.64 Å². The quantitative estimate of drug-likeness (QED) is 0.387. The second-order valence-corrected chi connectivity index (χ2v) is 10.1. The molecular formula is C26H25N3O2S2. The molecule has 0 aliphatic carbocycles. The van der Waals surface area contributed by atoms with E-state index in [1.54, 1.807) is 4.90 Å². The van der Waals surface area contributed by atoms with Gasteiger partial charge in [-0.1, -0.05) is 65.4 Å². The van der Waals surface area contributed by atoms with E-state index in [9.17, 15) is 4.79 Å². The number of rotatable bonds is 4. The van der Waals surface area contributed by atoms with Gasteiger partial charge in [0.1, 0.15) is 10.1 Å². The van der Waals surface area contributed by atoms with Crippen LogP contribution < -0.4 is 4.90 Å². The first-order chi connectivity index (χ1) is 16.0. The van der Waals surface area contributed by atoms with Gasteiger partial charge in [-0.25, -0.2) is 4.98 Å². The first kappa shape index (κ1) is 22.1. The molecule has 2 saturated heterocycles. The largest absolute Gasteiger partial charge is 0.378 e. The standard InChI is InChI=1S/C26H25N3O2S2/c1-17-3-6-19(7-4-17)16-29-25(30)23(33-26(29)32)15-21-14-20-13-18(2)5-8-22(20)27-24(21)28-9-11-31-12-10-28/h3-8,13-15H,9-12,16H2,1-2H3/b23-15-. The highest BCUT2D eigenvalue weighted by molar-refractivity contribution is 8.26. The smallest absolute Gasteiger partial charge is 0.266 e. The SMILES string of the molecule is Cc1ccc(CN2C(=O)/C(=C/c3cc4cc(C)ccc4nc3N3CCOCC3)SC2=S)cc1. The number of benzene rings is 2. The fourth-order valence-electron chi connectivity index (χ4n) is 4.09. The van der Waals surface area contributed by atoms with Crippen LogP contribution in [0.3, 0.4) is 0 Å². The Morgan fingerprint density at radius 3 is 2.55 bits per heavy atom. The van der Waals surface area contributed by atoms with Crippen molar-refractivity contribution in [3.8, 4) is 0 Å². The number of nitrogens with zero attached hydrogens (tertiary/aromatic N) is 3. The number of thiocarbonyl (C=S) groups is 1. The third-order valence-corrected chi connectivity index (χ3v) is 7.29. The summed E-state index contributed by atoms with van der Waals surface area (Å²) in [6.45, 7) is 7.51. The third-order valence-electron chi connectivity index (χ3n) is 5.91. The van der Waals surface area contributed by atoms with Crippen molar-refractivity contribution in [3.63, 3.8) is 0 Å². The number of pyridine rings is 1. The molecule has 3 aromatic rings. The highest BCUT2D eigenvalue weighted by Crippen LogP contribution is 2.36. The van der Waals surface area contributed by atoms with E-state index in [0.717, 1.165) is 40.9 Å². The Bertz CT molecular complexity index is 1260. The summed E-state index contributed by atoms with van der Waals surface area (Å²) in [5, 5.41) is 1.06. The molecule has 0 N–H and O–H groups in total. The van der Waals surface area contributed by atoms with E-state index in [1.165, 1.54) is 22.9 Å². The Kier molecular flexibility index (Phi) is 6.19. The minimum Gasteiger partial charge on any atom is -0.378 e. The summed E-state index contributed by atoms with van der Waals surface area (Å²) in [4.78, 5) is 22.8. The minimum absolute atomic E-state index is 0.0529. The minimum atomic E-state index is -0.0529. The Morgan fingerprint density at radius 1 is 1.06 bits per heavy atom. The molecule has 0 bridgehead atoms. The number of hydrogen-bond acceptors (Lipinski definition) is 6. The zero-order valence-corrected chi connectivity index (χ0v) is 20.3. The Labute approximate surface area is 203 Å². The Hall–Kier alpha value is -2.74. The number of hydrogen-bond donors (Lipinski definition) is 0. The number of thioether (sulfide) groups is 1. The molecule has 2 aromatic carbocycles. The van der Waals surface area contributed by atoms with Crippen LogP contribution in [0.15, 0.2) is 53.4 Å². The van der Waals surface area contributed by atoms with Gasteiger partial charge in [0.15, 0.2) is 0 Å². The summed E-state index contributed by atoms with van der Waals surface area (Å²) < 4.78 is 6.13. The van der Waals surface area contributed by atoms with Crippen LogP contribution in [0.4, 0.5) is 5.82 Å². The maximum Gasteiger partial charge on any atom is 0.266 e. The fourth-order valence-corrected chi connectivity index (χ4v) is 5.34. The van der Waals surface area contributed by atoms with Crippen molar-refractivity contribution in [2.24, 2.45) is 0 Å². The molecular weight excluding hydrogens is 450 g/mol. The molecule has 0 radical (unpaired) electrons. The lowest BCUT2D eigenvalue weighted by molar-refractivity contribution is -0.122. The predicted molar refractivity (Wildman–Crippen MR) is 139 cm³/mol. The molecule has 7 heteroatoms. The summed E-state index contributed by atoms with van der Waals surface area (Å²) in [5.41, 5.74) is 5.32. The summed E-state index contributed by atoms with van der Waals surface area (Å²) >= 11 is 6.93. The molecule has 2 fully saturated rings. The highest BCUT2D eigenvalue weighted by atomic mass is 32.2. The highest BCUT2D eigenvalue weighted by Gasteiger charge is 2.32. The number of carbonyl (C=O) groups excluding carboxylic acids is 1. The van der Waals surface area contributed by atoms with Crippen molar-refractivity contribution in [3.05, 3.63) is 75.7 Å². The number of amides is 1. The van der Waals surface area contributed by atoms with Gasteiger partial charge in [0, 0.05) is 24.0 Å². The van der Waals surface area contributed by atoms with E-state index in [4.69, 9.17) is 21.9 Å². The molecule has 0 spiro atoms. The summed E-state index contributed by atoms with van der Waals surface area (Å²) in [6, 6.07) is 16.6. The van der Waals surface area contributed by atoms with Crippen LogP contribution in [0.2, 0.25) is 0 Å². The van der Waals surface area contributed by atoms with Gasteiger partial charge in [0.05, 0.1) is 30.2 Å². The molecule has 2 aliphatic heterocycles. The second kappa shape index (κ2) is 9.25. The monoisotopic (exact) mass is 475 g/mol. The number of anilines is 1. The molecule has 3 heterocycles. The molecule has 2 aliphatic rings. The normalized spacial score (nSPS) is 18.1. The lowest BCUT2D eigenvalue weighted by atomic mass is 10.1. The first-order valence-electron chi connectivity index (χ1n) is 11.0. The van der Waals surface area contributed by atoms with Gasteiger partial charge in [-0.15, -0.1) is 0 Å². The average molecular weight is 476 g/mol. The Balaban J connectivity index is 1.51. The van der Waals surface area contributed by atoms with Crippen molar-refractivity contribution in [2.75, 3.05) is 31.2 Å². The van der Waals surface area contributed by atoms with Crippen molar-refractivity contribution in [1.82, 2.24) is 9.88 Å². The molecule has 0 saturated carbocycles. The fraction of sp³-hybridized carbons (Fsp3) is 0.269. The van der Waals surface area contributed by atoms with E-state index in [0.29, 0.717) is 29.0 Å². The zero-order chi connectivity index (χ0) is 22.9. The van der Waals surface area contributed by atoms with Crippen LogP contribution in [-0.2, 0) is 16.1 Å². The van der Waals surface area contributed by atoms with Crippen LogP contribution in [0, 0.1) is 13.8 Å². The van der Waals surface area contributed by atoms with E-state index >= 15 is 0 Å². The second-order valence-electron chi connectivity index (χ2n) is 8.45. The van der Waals surface area contributed by atoms with Crippen molar-refractivity contribution >= 4 is 57.0 Å². The van der Waals surface area contributed by atoms with E-state index in [1.807, 2.05) is 18.2 Å². The average Bonchev–Trinajstić information content (AvgIpc) is 3.08. The van der Waals surface area contributed by atoms with Crippen LogP contribution in [0.1, 0.15) is 22.3 Å². The number of aromatic nitrogens is 1. The molecule has 33 heavy (non-hydrogen) atoms. The van der Waals surface area contributed by atoms with Crippen LogP contribution in [0.5, 0.6) is 0 Å². The number of carbonyl (C=O) groups is 1. The number of morpholine rings is 1. The van der Waals surface area contributed by atoms with Crippen molar-refractivity contribution in [2.45, 2.75) is 20.4 Å². The zero-order valence-electron chi connectivity index (χ0n) is 18.7. The van der Waals surface area contributed by atoms with Crippen LogP contribution in [0.25, 0.3) is 17.0 Å². The van der Waals surface area contributed by atoms with E-state index < -0.39 is 0 Å². The molecule has 0 unspecified atom stereocenters. The van der Waals surface area contributed by atoms with Gasteiger partial charge in [-0.3, -0.25) is 9.69 Å². The topological polar surface area (TPSA) is 45.7 Å². The molecule has 1 aromatic heterocycles. The maximum absolute atomic E-state index is 13.3. The van der Waals surface area contributed by atoms with Gasteiger partial charge in [0.25, 0.3) is 5.91 Å². The number of fused-ring (bicyclic) bond motifs is 1. The lowest BCUT2D eigenvalue weighted by Crippen LogP contribution is -2.37. The number of ether oxygens (including phenoxy) is 1. The van der Waals surface area contributed by atoms with Gasteiger partial charge in [0.2, 0.25) is 0 Å². The molecule has 5 rings (SSSR count). The summed E-state index contributed by atoms with van der Waals surface area (Å²) in [7, 11) is 0. The van der Waals surface area contributed by atoms with Crippen LogP contribution in [-0.4, -0.2) is 46.4 Å².